The zero-order valence-corrected chi connectivity index (χ0v) is 12.3. The lowest BCUT2D eigenvalue weighted by molar-refractivity contribution is -0.135. The van der Waals surface area contributed by atoms with Gasteiger partial charge in [-0.15, -0.1) is 0 Å². The van der Waals surface area contributed by atoms with Crippen molar-refractivity contribution >= 4 is 5.91 Å². The quantitative estimate of drug-likeness (QED) is 0.867. The van der Waals surface area contributed by atoms with Gasteiger partial charge in [0.2, 0.25) is 5.91 Å². The molecule has 2 atom stereocenters. The zero-order valence-electron chi connectivity index (χ0n) is 12.3. The molecule has 1 aliphatic carbocycles. The van der Waals surface area contributed by atoms with E-state index < -0.39 is 0 Å². The van der Waals surface area contributed by atoms with Crippen LogP contribution in [0.4, 0.5) is 0 Å². The molecule has 0 bridgehead atoms. The van der Waals surface area contributed by atoms with Gasteiger partial charge in [-0.25, -0.2) is 0 Å². The molecule has 1 saturated heterocycles. The Morgan fingerprint density at radius 3 is 2.76 bits per heavy atom. The molecule has 114 valence electrons. The van der Waals surface area contributed by atoms with E-state index in [1.54, 1.807) is 0 Å². The van der Waals surface area contributed by atoms with E-state index in [4.69, 9.17) is 10.5 Å². The molecule has 0 radical (unpaired) electrons. The second-order valence-electron chi connectivity index (χ2n) is 5.72. The summed E-state index contributed by atoms with van der Waals surface area (Å²) in [6.45, 7) is 3.45. The van der Waals surface area contributed by atoms with Crippen molar-refractivity contribution in [3.05, 3.63) is 35.4 Å². The molecule has 5 heteroatoms. The van der Waals surface area contributed by atoms with Crippen molar-refractivity contribution in [3.63, 3.8) is 0 Å². The first-order valence-corrected chi connectivity index (χ1v) is 7.69. The van der Waals surface area contributed by atoms with Crippen LogP contribution in [0.1, 0.15) is 36.1 Å². The molecule has 3 rings (SSSR count). The largest absolute Gasteiger partial charge is 0.378 e. The first-order valence-electron chi connectivity index (χ1n) is 7.69. The van der Waals surface area contributed by atoms with Crippen LogP contribution in [0, 0.1) is 0 Å². The lowest BCUT2D eigenvalue weighted by Crippen LogP contribution is -2.41. The van der Waals surface area contributed by atoms with E-state index in [9.17, 15) is 4.79 Å². The number of morpholine rings is 1. The predicted molar refractivity (Wildman–Crippen MR) is 80.7 cm³/mol. The van der Waals surface area contributed by atoms with Crippen LogP contribution in [0.2, 0.25) is 0 Å². The molecule has 1 amide bonds. The van der Waals surface area contributed by atoms with Gasteiger partial charge in [-0.05, 0) is 17.5 Å². The van der Waals surface area contributed by atoms with E-state index in [-0.39, 0.29) is 18.0 Å². The third-order valence-electron chi connectivity index (χ3n) is 4.35. The Kier molecular flexibility index (Phi) is 4.53. The van der Waals surface area contributed by atoms with Gasteiger partial charge in [0.25, 0.3) is 0 Å². The maximum Gasteiger partial charge on any atom is 0.224 e. The van der Waals surface area contributed by atoms with Crippen molar-refractivity contribution in [1.82, 2.24) is 10.2 Å². The Morgan fingerprint density at radius 1 is 1.29 bits per heavy atom. The maximum absolute atomic E-state index is 12.1. The fourth-order valence-electron chi connectivity index (χ4n) is 3.19. The van der Waals surface area contributed by atoms with Crippen LogP contribution in [0.5, 0.6) is 0 Å². The summed E-state index contributed by atoms with van der Waals surface area (Å²) in [7, 11) is 0. The predicted octanol–water partition coefficient (Wildman–Crippen LogP) is 0.970. The van der Waals surface area contributed by atoms with Gasteiger partial charge in [0.1, 0.15) is 0 Å². The lowest BCUT2D eigenvalue weighted by Gasteiger charge is -2.27. The van der Waals surface area contributed by atoms with E-state index in [0.29, 0.717) is 26.2 Å². The van der Waals surface area contributed by atoms with Crippen LogP contribution in [0.3, 0.4) is 0 Å². The molecule has 1 aromatic carbocycles. The van der Waals surface area contributed by atoms with Gasteiger partial charge in [0.05, 0.1) is 13.2 Å². The minimum absolute atomic E-state index is 0.105. The number of rotatable bonds is 4. The monoisotopic (exact) mass is 289 g/mol. The van der Waals surface area contributed by atoms with E-state index in [0.717, 1.165) is 19.5 Å². The van der Waals surface area contributed by atoms with Crippen LogP contribution in [-0.2, 0) is 9.53 Å². The third-order valence-corrected chi connectivity index (χ3v) is 4.35. The molecule has 21 heavy (non-hydrogen) atoms. The Bertz CT molecular complexity index is 500. The van der Waals surface area contributed by atoms with Gasteiger partial charge < -0.3 is 20.7 Å². The second-order valence-corrected chi connectivity index (χ2v) is 5.72. The molecule has 2 unspecified atom stereocenters. The Labute approximate surface area is 125 Å². The van der Waals surface area contributed by atoms with Crippen LogP contribution in [0.25, 0.3) is 0 Å². The van der Waals surface area contributed by atoms with Gasteiger partial charge in [-0.2, -0.15) is 0 Å². The summed E-state index contributed by atoms with van der Waals surface area (Å²) in [5, 5.41) is 3.48. The molecule has 0 saturated carbocycles. The van der Waals surface area contributed by atoms with Gasteiger partial charge >= 0.3 is 0 Å². The van der Waals surface area contributed by atoms with Gasteiger partial charge in [-0.3, -0.25) is 4.79 Å². The number of amides is 1. The summed E-state index contributed by atoms with van der Waals surface area (Å²) in [6.07, 6.45) is 1.44. The molecule has 0 aromatic heterocycles. The highest BCUT2D eigenvalue weighted by atomic mass is 16.5. The standard InChI is InChI=1S/C16H23N3O2/c17-14-11-15(13-4-2-1-3-12(13)14)18-6-5-16(20)19-7-9-21-10-8-19/h1-4,14-15,18H,5-11,17H2. The van der Waals surface area contributed by atoms with Crippen molar-refractivity contribution in [2.24, 2.45) is 5.73 Å². The highest BCUT2D eigenvalue weighted by Gasteiger charge is 2.27. The van der Waals surface area contributed by atoms with Crippen molar-refractivity contribution < 1.29 is 9.53 Å². The summed E-state index contributed by atoms with van der Waals surface area (Å²) in [6, 6.07) is 8.68. The van der Waals surface area contributed by atoms with Crippen molar-refractivity contribution in [2.75, 3.05) is 32.8 Å². The first-order chi connectivity index (χ1) is 10.3. The molecule has 2 aliphatic rings. The van der Waals surface area contributed by atoms with E-state index in [1.165, 1.54) is 11.1 Å². The molecule has 0 spiro atoms. The summed E-state index contributed by atoms with van der Waals surface area (Å²) in [4.78, 5) is 14.0. The van der Waals surface area contributed by atoms with E-state index in [2.05, 4.69) is 17.4 Å². The van der Waals surface area contributed by atoms with Gasteiger partial charge in [-0.1, -0.05) is 24.3 Å². The summed E-state index contributed by atoms with van der Waals surface area (Å²) in [5.41, 5.74) is 8.67. The Morgan fingerprint density at radius 2 is 2.00 bits per heavy atom. The van der Waals surface area contributed by atoms with Crippen LogP contribution in [0.15, 0.2) is 24.3 Å². The number of hydrogen-bond acceptors (Lipinski definition) is 4. The summed E-state index contributed by atoms with van der Waals surface area (Å²) < 4.78 is 5.26. The topological polar surface area (TPSA) is 67.6 Å². The average molecular weight is 289 g/mol. The van der Waals surface area contributed by atoms with Crippen LogP contribution >= 0.6 is 0 Å². The van der Waals surface area contributed by atoms with E-state index >= 15 is 0 Å². The second kappa shape index (κ2) is 6.56. The van der Waals surface area contributed by atoms with Gasteiger partial charge in [0.15, 0.2) is 0 Å². The molecule has 1 fully saturated rings. The zero-order chi connectivity index (χ0) is 14.7. The van der Waals surface area contributed by atoms with Crippen molar-refractivity contribution in [2.45, 2.75) is 24.9 Å². The highest BCUT2D eigenvalue weighted by Crippen LogP contribution is 2.36. The summed E-state index contributed by atoms with van der Waals surface area (Å²) in [5.74, 6) is 0.210. The molecular formula is C16H23N3O2. The number of carbonyl (C=O) groups excluding carboxylic acids is 1. The number of carbonyl (C=O) groups is 1. The van der Waals surface area contributed by atoms with Crippen molar-refractivity contribution in [3.8, 4) is 0 Å². The number of benzene rings is 1. The van der Waals surface area contributed by atoms with Crippen LogP contribution < -0.4 is 11.1 Å². The molecule has 1 aliphatic heterocycles. The summed E-state index contributed by atoms with van der Waals surface area (Å²) >= 11 is 0. The number of fused-ring (bicyclic) bond motifs is 1. The molecular weight excluding hydrogens is 266 g/mol. The molecule has 5 nitrogen and oxygen atoms in total. The average Bonchev–Trinajstić information content (AvgIpc) is 2.85. The Balaban J connectivity index is 1.49. The fourth-order valence-corrected chi connectivity index (χ4v) is 3.19. The third kappa shape index (κ3) is 3.26. The van der Waals surface area contributed by atoms with Crippen molar-refractivity contribution in [1.29, 1.82) is 0 Å². The lowest BCUT2D eigenvalue weighted by atomic mass is 10.1. The number of nitrogens with two attached hydrogens (primary N) is 1. The van der Waals surface area contributed by atoms with Gasteiger partial charge in [0, 0.05) is 38.1 Å². The molecule has 1 heterocycles. The SMILES string of the molecule is NC1CC(NCCC(=O)N2CCOCC2)c2ccccc21. The fraction of sp³-hybridized carbons (Fsp3) is 0.562. The van der Waals surface area contributed by atoms with Crippen LogP contribution in [-0.4, -0.2) is 43.7 Å². The minimum Gasteiger partial charge on any atom is -0.378 e. The maximum atomic E-state index is 12.1. The smallest absolute Gasteiger partial charge is 0.224 e. The Hall–Kier alpha value is -1.43. The number of nitrogens with one attached hydrogen (secondary N) is 1. The highest BCUT2D eigenvalue weighted by molar-refractivity contribution is 5.76. The van der Waals surface area contributed by atoms with E-state index in [1.807, 2.05) is 17.0 Å². The number of ether oxygens (including phenoxy) is 1. The minimum atomic E-state index is 0.105. The normalized spacial score (nSPS) is 24.9. The number of hydrogen-bond donors (Lipinski definition) is 2. The molecule has 1 aromatic rings. The molecule has 3 N–H and O–H groups in total. The number of nitrogens with zero attached hydrogens (tertiary/aromatic N) is 1. The first kappa shape index (κ1) is 14.5.